The normalized spacial score (nSPS) is 8.14. The Morgan fingerprint density at radius 3 is 1.64 bits per heavy atom. The molecule has 0 aliphatic heterocycles. The van der Waals surface area contributed by atoms with Crippen molar-refractivity contribution in [3.63, 3.8) is 0 Å². The van der Waals surface area contributed by atoms with E-state index in [2.05, 4.69) is 0 Å². The van der Waals surface area contributed by atoms with Gasteiger partial charge in [0.2, 0.25) is 0 Å². The van der Waals surface area contributed by atoms with Crippen molar-refractivity contribution in [3.8, 4) is 0 Å². The molecule has 0 bridgehead atoms. The van der Waals surface area contributed by atoms with Crippen LogP contribution >= 0.6 is 0 Å². The fourth-order valence-electron chi connectivity index (χ4n) is 0.882. The zero-order valence-electron chi connectivity index (χ0n) is 7.48. The first-order valence-corrected chi connectivity index (χ1v) is 4.05. The van der Waals surface area contributed by atoms with Crippen LogP contribution < -0.4 is 5.46 Å². The molecule has 0 saturated carbocycles. The maximum atomic E-state index is 8.47. The number of hydrogen-bond acceptors (Lipinski definition) is 2. The third-order valence-electron chi connectivity index (χ3n) is 1.54. The van der Waals surface area contributed by atoms with Gasteiger partial charge in [-0.15, -0.1) is 5.46 Å². The summed E-state index contributed by atoms with van der Waals surface area (Å²) in [5, 5.41) is 16.9. The van der Waals surface area contributed by atoms with E-state index >= 15 is 0 Å². The van der Waals surface area contributed by atoms with Gasteiger partial charge >= 0.3 is 23.6 Å². The molecule has 2 aromatic rings. The van der Waals surface area contributed by atoms with E-state index < -0.39 is 7.12 Å². The van der Waals surface area contributed by atoms with Crippen LogP contribution in [-0.4, -0.2) is 17.2 Å². The van der Waals surface area contributed by atoms with Gasteiger partial charge in [0.25, 0.3) is 0 Å². The molecular weight excluding hydrogens is 222 g/mol. The molecule has 0 amide bonds. The summed E-state index contributed by atoms with van der Waals surface area (Å²) in [6.45, 7) is 0. The van der Waals surface area contributed by atoms with Crippen LogP contribution in [-0.2, 0) is 16.5 Å². The first kappa shape index (κ1) is 13.2. The molecule has 0 radical (unpaired) electrons. The summed E-state index contributed by atoms with van der Waals surface area (Å²) in [5.41, 5.74) is 0.546. The van der Waals surface area contributed by atoms with Gasteiger partial charge < -0.3 is 10.0 Å². The Bertz CT molecular complexity index is 273. The van der Waals surface area contributed by atoms with E-state index in [4.69, 9.17) is 10.0 Å². The van der Waals surface area contributed by atoms with Gasteiger partial charge in [-0.3, -0.25) is 0 Å². The predicted octanol–water partition coefficient (Wildman–Crippen LogP) is 0.488. The average Bonchev–Trinajstić information content (AvgIpc) is 2.82. The Hall–Kier alpha value is -0.822. The maximum absolute atomic E-state index is 8.47. The van der Waals surface area contributed by atoms with Crippen molar-refractivity contribution in [2.24, 2.45) is 0 Å². The molecule has 0 heterocycles. The van der Waals surface area contributed by atoms with Gasteiger partial charge in [-0.2, -0.15) is 30.3 Å². The molecule has 2 rings (SSSR count). The Labute approximate surface area is 94.0 Å². The molecule has 76 valence electrons. The molecule has 2 N–H and O–H groups in total. The molecule has 4 heteroatoms. The summed E-state index contributed by atoms with van der Waals surface area (Å²) < 4.78 is 0. The summed E-state index contributed by atoms with van der Waals surface area (Å²) in [6.07, 6.45) is 0. The summed E-state index contributed by atoms with van der Waals surface area (Å²) >= 11 is 0. The molecule has 0 aliphatic carbocycles. The molecule has 0 saturated heterocycles. The molecule has 0 spiro atoms. The maximum Gasteiger partial charge on any atom is 2.00 e. The Balaban J connectivity index is 0.000000246. The van der Waals surface area contributed by atoms with Gasteiger partial charge in [-0.1, -0.05) is 0 Å². The molecule has 2 aromatic carbocycles. The summed E-state index contributed by atoms with van der Waals surface area (Å²) in [5.74, 6) is 0. The van der Waals surface area contributed by atoms with Gasteiger partial charge in [0.15, 0.2) is 0 Å². The SMILES string of the molecule is OB(O)[c-]1cccc1.[Ni+2].c1cc[cH-]c1. The van der Waals surface area contributed by atoms with Gasteiger partial charge in [0.05, 0.1) is 0 Å². The first-order valence-electron chi connectivity index (χ1n) is 4.05. The second-order valence-corrected chi connectivity index (χ2v) is 2.55. The largest absolute Gasteiger partial charge is 2.00 e. The quantitative estimate of drug-likeness (QED) is 0.555. The van der Waals surface area contributed by atoms with E-state index in [1.807, 2.05) is 30.3 Å². The molecular formula is C10H11BNiO2. The Morgan fingerprint density at radius 1 is 0.929 bits per heavy atom. The van der Waals surface area contributed by atoms with Crippen LogP contribution in [0.4, 0.5) is 0 Å². The van der Waals surface area contributed by atoms with E-state index in [-0.39, 0.29) is 16.5 Å². The first-order chi connectivity index (χ1) is 6.30. The zero-order valence-corrected chi connectivity index (χ0v) is 8.47. The second kappa shape index (κ2) is 7.57. The standard InChI is InChI=1S/C5H6BO2.C5H5.Ni/c7-6(8)5-3-1-2-4-5;1-2-4-5-3-1;/h1-4,7-8H;1-5H;/q2*-1;+2. The average molecular weight is 233 g/mol. The molecule has 0 atom stereocenters. The van der Waals surface area contributed by atoms with Crippen molar-refractivity contribution in [3.05, 3.63) is 54.6 Å². The van der Waals surface area contributed by atoms with Gasteiger partial charge in [-0.25, -0.2) is 24.3 Å². The minimum absolute atomic E-state index is 0. The summed E-state index contributed by atoms with van der Waals surface area (Å²) in [7, 11) is -1.31. The minimum atomic E-state index is -1.31. The molecule has 0 fully saturated rings. The van der Waals surface area contributed by atoms with Crippen LogP contribution in [0.25, 0.3) is 0 Å². The smallest absolute Gasteiger partial charge is 0.434 e. The van der Waals surface area contributed by atoms with Crippen molar-refractivity contribution >= 4 is 12.6 Å². The van der Waals surface area contributed by atoms with Crippen LogP contribution in [0.15, 0.2) is 54.6 Å². The topological polar surface area (TPSA) is 40.5 Å². The molecule has 0 unspecified atom stereocenters. The molecule has 2 nitrogen and oxygen atoms in total. The van der Waals surface area contributed by atoms with Crippen molar-refractivity contribution < 1.29 is 26.5 Å². The third kappa shape index (κ3) is 5.03. The van der Waals surface area contributed by atoms with E-state index in [9.17, 15) is 0 Å². The Morgan fingerprint density at radius 2 is 1.43 bits per heavy atom. The van der Waals surface area contributed by atoms with Crippen LogP contribution in [0.3, 0.4) is 0 Å². The van der Waals surface area contributed by atoms with E-state index in [1.54, 1.807) is 24.3 Å². The summed E-state index contributed by atoms with van der Waals surface area (Å²) in [4.78, 5) is 0. The number of hydrogen-bond donors (Lipinski definition) is 2. The monoisotopic (exact) mass is 232 g/mol. The van der Waals surface area contributed by atoms with E-state index in [0.29, 0.717) is 5.46 Å². The summed E-state index contributed by atoms with van der Waals surface area (Å²) in [6, 6.07) is 16.8. The van der Waals surface area contributed by atoms with Crippen LogP contribution in [0.5, 0.6) is 0 Å². The van der Waals surface area contributed by atoms with Gasteiger partial charge in [0, 0.05) is 0 Å². The van der Waals surface area contributed by atoms with Crippen molar-refractivity contribution in [2.75, 3.05) is 0 Å². The molecule has 14 heavy (non-hydrogen) atoms. The van der Waals surface area contributed by atoms with Gasteiger partial charge in [0.1, 0.15) is 0 Å². The third-order valence-corrected chi connectivity index (χ3v) is 1.54. The van der Waals surface area contributed by atoms with Gasteiger partial charge in [-0.05, 0) is 0 Å². The fourth-order valence-corrected chi connectivity index (χ4v) is 0.882. The van der Waals surface area contributed by atoms with Crippen LogP contribution in [0.1, 0.15) is 0 Å². The van der Waals surface area contributed by atoms with Crippen molar-refractivity contribution in [1.29, 1.82) is 0 Å². The zero-order chi connectivity index (χ0) is 9.52. The van der Waals surface area contributed by atoms with E-state index in [1.165, 1.54) is 0 Å². The van der Waals surface area contributed by atoms with Crippen molar-refractivity contribution in [2.45, 2.75) is 0 Å². The molecule has 0 aromatic heterocycles. The van der Waals surface area contributed by atoms with Crippen LogP contribution in [0, 0.1) is 0 Å². The molecule has 0 aliphatic rings. The van der Waals surface area contributed by atoms with Crippen LogP contribution in [0.2, 0.25) is 0 Å². The van der Waals surface area contributed by atoms with E-state index in [0.717, 1.165) is 0 Å². The predicted molar refractivity (Wildman–Crippen MR) is 53.9 cm³/mol. The Kier molecular flexibility index (Phi) is 7.13. The fraction of sp³-hybridized carbons (Fsp3) is 0. The minimum Gasteiger partial charge on any atom is -0.434 e. The second-order valence-electron chi connectivity index (χ2n) is 2.55. The number of rotatable bonds is 1. The van der Waals surface area contributed by atoms with Crippen molar-refractivity contribution in [1.82, 2.24) is 0 Å².